The average Bonchev–Trinajstić information content (AvgIpc) is 2.24. The highest BCUT2D eigenvalue weighted by Crippen LogP contribution is 2.15. The molecule has 1 rings (SSSR count). The average molecular weight is 219 g/mol. The molecule has 1 saturated heterocycles. The van der Waals surface area contributed by atoms with Gasteiger partial charge in [0.1, 0.15) is 12.2 Å². The molecule has 5 heteroatoms. The lowest BCUT2D eigenvalue weighted by molar-refractivity contribution is -0.227. The van der Waals surface area contributed by atoms with Crippen LogP contribution in [0.25, 0.3) is 0 Å². The molecule has 0 aromatic rings. The number of aliphatic hydroxyl groups is 2. The quantitative estimate of drug-likeness (QED) is 0.548. The summed E-state index contributed by atoms with van der Waals surface area (Å²) in [6.07, 6.45) is 0.725. The van der Waals surface area contributed by atoms with E-state index in [9.17, 15) is 10.2 Å². The summed E-state index contributed by atoms with van der Waals surface area (Å²) in [5.41, 5.74) is 5.67. The molecule has 1 aliphatic rings. The molecule has 0 aromatic heterocycles. The molecule has 0 amide bonds. The molecular formula is C10H21NO4. The summed E-state index contributed by atoms with van der Waals surface area (Å²) in [7, 11) is 0. The van der Waals surface area contributed by atoms with Gasteiger partial charge in [-0.1, -0.05) is 19.8 Å². The van der Waals surface area contributed by atoms with Gasteiger partial charge in [-0.25, -0.2) is 0 Å². The van der Waals surface area contributed by atoms with E-state index >= 15 is 0 Å². The van der Waals surface area contributed by atoms with Gasteiger partial charge in [0.05, 0.1) is 12.6 Å². The fraction of sp³-hybridized carbons (Fsp3) is 1.00. The van der Waals surface area contributed by atoms with Crippen LogP contribution >= 0.6 is 0 Å². The molecule has 1 fully saturated rings. The second-order valence-electron chi connectivity index (χ2n) is 3.91. The molecule has 5 nitrogen and oxygen atoms in total. The normalized spacial score (nSPS) is 36.8. The minimum atomic E-state index is -0.963. The van der Waals surface area contributed by atoms with Gasteiger partial charge in [0.15, 0.2) is 6.29 Å². The summed E-state index contributed by atoms with van der Waals surface area (Å²) in [5, 5.41) is 18.7. The molecule has 0 aromatic carbocycles. The number of hydrogen-bond acceptors (Lipinski definition) is 5. The molecule has 4 N–H and O–H groups in total. The first-order chi connectivity index (χ1) is 7.16. The van der Waals surface area contributed by atoms with Crippen molar-refractivity contribution >= 4 is 0 Å². The molecule has 15 heavy (non-hydrogen) atoms. The zero-order valence-corrected chi connectivity index (χ0v) is 9.13. The maximum absolute atomic E-state index is 9.48. The molecule has 0 saturated carbocycles. The molecular weight excluding hydrogens is 198 g/mol. The lowest BCUT2D eigenvalue weighted by atomic mass is 10.0. The van der Waals surface area contributed by atoms with Crippen LogP contribution in [0.1, 0.15) is 26.2 Å². The molecule has 0 bridgehead atoms. The Morgan fingerprint density at radius 3 is 2.80 bits per heavy atom. The van der Waals surface area contributed by atoms with Crippen LogP contribution in [0.4, 0.5) is 0 Å². The predicted molar refractivity (Wildman–Crippen MR) is 55.2 cm³/mol. The monoisotopic (exact) mass is 219 g/mol. The topological polar surface area (TPSA) is 84.9 Å². The van der Waals surface area contributed by atoms with Crippen molar-refractivity contribution in [3.8, 4) is 0 Å². The Balaban J connectivity index is 2.23. The molecule has 0 radical (unpaired) electrons. The number of hydrogen-bond donors (Lipinski definition) is 3. The van der Waals surface area contributed by atoms with Crippen molar-refractivity contribution < 1.29 is 19.7 Å². The minimum absolute atomic E-state index is 0.0767. The van der Waals surface area contributed by atoms with Crippen molar-refractivity contribution in [3.63, 3.8) is 0 Å². The third-order valence-corrected chi connectivity index (χ3v) is 2.56. The summed E-state index contributed by atoms with van der Waals surface area (Å²) in [6.45, 7) is 2.77. The van der Waals surface area contributed by atoms with E-state index in [1.54, 1.807) is 0 Å². The van der Waals surface area contributed by atoms with E-state index in [0.717, 1.165) is 19.3 Å². The minimum Gasteiger partial charge on any atom is -0.389 e. The Hall–Kier alpha value is -0.200. The van der Waals surface area contributed by atoms with E-state index < -0.39 is 24.5 Å². The highest BCUT2D eigenvalue weighted by Gasteiger charge is 2.36. The highest BCUT2D eigenvalue weighted by atomic mass is 16.7. The Labute approximate surface area is 90.2 Å². The first-order valence-corrected chi connectivity index (χ1v) is 5.51. The predicted octanol–water partition coefficient (Wildman–Crippen LogP) is -0.401. The smallest absolute Gasteiger partial charge is 0.175 e. The fourth-order valence-electron chi connectivity index (χ4n) is 1.53. The van der Waals surface area contributed by atoms with E-state index in [-0.39, 0.29) is 6.61 Å². The van der Waals surface area contributed by atoms with E-state index in [1.165, 1.54) is 0 Å². The third-order valence-electron chi connectivity index (χ3n) is 2.56. The van der Waals surface area contributed by atoms with Crippen molar-refractivity contribution in [1.82, 2.24) is 0 Å². The van der Waals surface area contributed by atoms with Gasteiger partial charge in [0.2, 0.25) is 0 Å². The number of rotatable bonds is 5. The van der Waals surface area contributed by atoms with E-state index in [1.807, 2.05) is 0 Å². The lowest BCUT2D eigenvalue weighted by Gasteiger charge is -2.35. The molecule has 0 spiro atoms. The SMILES string of the molecule is CCCCCOC1OCC(O)C(O)C1N. The van der Waals surface area contributed by atoms with Gasteiger partial charge in [-0.3, -0.25) is 0 Å². The first kappa shape index (κ1) is 12.9. The van der Waals surface area contributed by atoms with Gasteiger partial charge in [-0.05, 0) is 6.42 Å². The zero-order valence-electron chi connectivity index (χ0n) is 9.13. The molecule has 0 aliphatic carbocycles. The van der Waals surface area contributed by atoms with Gasteiger partial charge in [-0.15, -0.1) is 0 Å². The van der Waals surface area contributed by atoms with Crippen molar-refractivity contribution in [3.05, 3.63) is 0 Å². The number of aliphatic hydroxyl groups excluding tert-OH is 2. The van der Waals surface area contributed by atoms with Crippen molar-refractivity contribution in [2.24, 2.45) is 5.73 Å². The summed E-state index contributed by atoms with van der Waals surface area (Å²) in [5.74, 6) is 0. The van der Waals surface area contributed by atoms with Crippen molar-refractivity contribution in [2.45, 2.75) is 50.7 Å². The third kappa shape index (κ3) is 3.70. The largest absolute Gasteiger partial charge is 0.389 e. The first-order valence-electron chi connectivity index (χ1n) is 5.51. The Bertz CT molecular complexity index is 179. The van der Waals surface area contributed by atoms with Gasteiger partial charge in [-0.2, -0.15) is 0 Å². The van der Waals surface area contributed by atoms with Gasteiger partial charge in [0, 0.05) is 6.61 Å². The van der Waals surface area contributed by atoms with Gasteiger partial charge in [0.25, 0.3) is 0 Å². The molecule has 4 atom stereocenters. The number of unbranched alkanes of at least 4 members (excludes halogenated alkanes) is 2. The zero-order chi connectivity index (χ0) is 11.3. The van der Waals surface area contributed by atoms with Crippen LogP contribution in [-0.4, -0.2) is 48.0 Å². The summed E-state index contributed by atoms with van der Waals surface area (Å²) in [6, 6.07) is -0.671. The van der Waals surface area contributed by atoms with Crippen LogP contribution in [0.2, 0.25) is 0 Å². The van der Waals surface area contributed by atoms with E-state index in [4.69, 9.17) is 15.2 Å². The van der Waals surface area contributed by atoms with Crippen LogP contribution in [0.15, 0.2) is 0 Å². The highest BCUT2D eigenvalue weighted by molar-refractivity contribution is 4.85. The summed E-state index contributed by atoms with van der Waals surface area (Å²) in [4.78, 5) is 0. The molecule has 1 aliphatic heterocycles. The molecule has 4 unspecified atom stereocenters. The molecule has 1 heterocycles. The van der Waals surface area contributed by atoms with Crippen LogP contribution in [0.3, 0.4) is 0 Å². The summed E-state index contributed by atoms with van der Waals surface area (Å²) >= 11 is 0. The molecule has 90 valence electrons. The maximum atomic E-state index is 9.48. The second-order valence-corrected chi connectivity index (χ2v) is 3.91. The van der Waals surface area contributed by atoms with Gasteiger partial charge >= 0.3 is 0 Å². The lowest BCUT2D eigenvalue weighted by Crippen LogP contribution is -2.58. The van der Waals surface area contributed by atoms with Gasteiger partial charge < -0.3 is 25.4 Å². The van der Waals surface area contributed by atoms with E-state index in [0.29, 0.717) is 6.61 Å². The Kier molecular flexibility index (Phi) is 5.49. The second kappa shape index (κ2) is 6.40. The van der Waals surface area contributed by atoms with E-state index in [2.05, 4.69) is 6.92 Å². The van der Waals surface area contributed by atoms with Crippen molar-refractivity contribution in [2.75, 3.05) is 13.2 Å². The Morgan fingerprint density at radius 2 is 2.13 bits per heavy atom. The van der Waals surface area contributed by atoms with Crippen LogP contribution in [-0.2, 0) is 9.47 Å². The number of nitrogens with two attached hydrogens (primary N) is 1. The standard InChI is InChI=1S/C10H21NO4/c1-2-3-4-5-14-10-8(11)9(13)7(12)6-15-10/h7-10,12-13H,2-6,11H2,1H3. The number of ether oxygens (including phenoxy) is 2. The van der Waals surface area contributed by atoms with Crippen LogP contribution in [0.5, 0.6) is 0 Å². The maximum Gasteiger partial charge on any atom is 0.175 e. The van der Waals surface area contributed by atoms with Crippen LogP contribution < -0.4 is 5.73 Å². The van der Waals surface area contributed by atoms with Crippen molar-refractivity contribution in [1.29, 1.82) is 0 Å². The van der Waals surface area contributed by atoms with Crippen LogP contribution in [0, 0.1) is 0 Å². The Morgan fingerprint density at radius 1 is 1.40 bits per heavy atom. The fourth-order valence-corrected chi connectivity index (χ4v) is 1.53. The summed E-state index contributed by atoms with van der Waals surface area (Å²) < 4.78 is 10.6.